The number of anilines is 2. The highest BCUT2D eigenvalue weighted by molar-refractivity contribution is 5.98. The summed E-state index contributed by atoms with van der Waals surface area (Å²) < 4.78 is 0. The predicted molar refractivity (Wildman–Crippen MR) is 80.5 cm³/mol. The number of nitrogen functional groups attached to an aromatic ring is 1. The predicted octanol–water partition coefficient (Wildman–Crippen LogP) is 1.05. The summed E-state index contributed by atoms with van der Waals surface area (Å²) in [4.78, 5) is 17.9. The van der Waals surface area contributed by atoms with Crippen LogP contribution in [0.1, 0.15) is 36.0 Å². The van der Waals surface area contributed by atoms with Crippen LogP contribution in [0.5, 0.6) is 0 Å². The Labute approximate surface area is 119 Å². The summed E-state index contributed by atoms with van der Waals surface area (Å²) in [6.07, 6.45) is 6.74. The number of nitrogens with two attached hydrogens (primary N) is 2. The van der Waals surface area contributed by atoms with Gasteiger partial charge >= 0.3 is 0 Å². The van der Waals surface area contributed by atoms with E-state index in [2.05, 4.69) is 22.2 Å². The van der Waals surface area contributed by atoms with Gasteiger partial charge in [-0.25, -0.2) is 4.98 Å². The summed E-state index contributed by atoms with van der Waals surface area (Å²) in [5.41, 5.74) is 11.7. The summed E-state index contributed by atoms with van der Waals surface area (Å²) >= 11 is 0. The highest BCUT2D eigenvalue weighted by Gasteiger charge is 2.19. The van der Waals surface area contributed by atoms with E-state index >= 15 is 0 Å². The monoisotopic (exact) mass is 277 g/mol. The number of primary amides is 1. The molecular formula is C14H23N5O. The first-order valence-electron chi connectivity index (χ1n) is 7.07. The first kappa shape index (κ1) is 14.6. The molecule has 0 radical (unpaired) electrons. The van der Waals surface area contributed by atoms with Gasteiger partial charge < -0.3 is 21.7 Å². The van der Waals surface area contributed by atoms with E-state index < -0.39 is 5.91 Å². The van der Waals surface area contributed by atoms with E-state index in [9.17, 15) is 4.79 Å². The maximum Gasteiger partial charge on any atom is 0.252 e. The Morgan fingerprint density at radius 1 is 1.50 bits per heavy atom. The van der Waals surface area contributed by atoms with Gasteiger partial charge in [0.1, 0.15) is 5.82 Å². The van der Waals surface area contributed by atoms with Gasteiger partial charge in [-0.15, -0.1) is 0 Å². The third-order valence-electron chi connectivity index (χ3n) is 3.88. The van der Waals surface area contributed by atoms with Crippen molar-refractivity contribution in [2.24, 2.45) is 5.73 Å². The van der Waals surface area contributed by atoms with Crippen molar-refractivity contribution < 1.29 is 4.79 Å². The number of likely N-dealkylation sites (N-methyl/N-ethyl adjacent to an activating group) is 1. The van der Waals surface area contributed by atoms with E-state index in [0.717, 1.165) is 13.1 Å². The van der Waals surface area contributed by atoms with Crippen LogP contribution >= 0.6 is 0 Å². The molecule has 0 saturated heterocycles. The van der Waals surface area contributed by atoms with Crippen molar-refractivity contribution in [3.8, 4) is 0 Å². The minimum atomic E-state index is -0.517. The van der Waals surface area contributed by atoms with E-state index in [0.29, 0.717) is 23.1 Å². The Balaban J connectivity index is 1.89. The highest BCUT2D eigenvalue weighted by Crippen LogP contribution is 2.22. The smallest absolute Gasteiger partial charge is 0.252 e. The Bertz CT molecular complexity index is 471. The summed E-state index contributed by atoms with van der Waals surface area (Å²) in [6, 6.07) is 2.24. The van der Waals surface area contributed by atoms with E-state index in [4.69, 9.17) is 11.5 Å². The van der Waals surface area contributed by atoms with Gasteiger partial charge in [0, 0.05) is 19.1 Å². The molecule has 0 atom stereocenters. The van der Waals surface area contributed by atoms with Crippen molar-refractivity contribution in [3.05, 3.63) is 17.8 Å². The number of hydrogen-bond acceptors (Lipinski definition) is 5. The Hall–Kier alpha value is -1.82. The lowest BCUT2D eigenvalue weighted by Crippen LogP contribution is -2.33. The van der Waals surface area contributed by atoms with E-state index in [1.165, 1.54) is 31.9 Å². The quantitative estimate of drug-likeness (QED) is 0.722. The van der Waals surface area contributed by atoms with Crippen LogP contribution in [0.4, 0.5) is 11.5 Å². The average Bonchev–Trinajstić information content (AvgIpc) is 2.94. The Morgan fingerprint density at radius 3 is 2.85 bits per heavy atom. The summed E-state index contributed by atoms with van der Waals surface area (Å²) in [5.74, 6) is -0.0111. The molecule has 1 heterocycles. The number of rotatable bonds is 6. The number of pyridine rings is 1. The van der Waals surface area contributed by atoms with E-state index in [-0.39, 0.29) is 0 Å². The molecule has 0 aliphatic heterocycles. The molecule has 0 unspecified atom stereocenters. The van der Waals surface area contributed by atoms with Gasteiger partial charge in [-0.2, -0.15) is 0 Å². The first-order valence-corrected chi connectivity index (χ1v) is 7.07. The molecule has 0 aromatic carbocycles. The minimum Gasteiger partial charge on any atom is -0.397 e. The Kier molecular flexibility index (Phi) is 4.79. The maximum absolute atomic E-state index is 11.4. The molecule has 20 heavy (non-hydrogen) atoms. The second kappa shape index (κ2) is 6.56. The van der Waals surface area contributed by atoms with E-state index in [1.54, 1.807) is 6.07 Å². The molecular weight excluding hydrogens is 254 g/mol. The van der Waals surface area contributed by atoms with Crippen LogP contribution in [0.25, 0.3) is 0 Å². The number of carbonyl (C=O) groups excluding carboxylic acids is 1. The molecule has 2 rings (SSSR count). The standard InChI is InChI=1S/C14H23N5O/c1-19(11-4-2-3-5-11)7-6-17-14-12(13(16)20)8-10(15)9-18-14/h8-9,11H,2-7,15H2,1H3,(H2,16,20)(H,17,18). The molecule has 1 aromatic heterocycles. The molecule has 1 fully saturated rings. The van der Waals surface area contributed by atoms with Gasteiger partial charge in [0.25, 0.3) is 5.91 Å². The van der Waals surface area contributed by atoms with Crippen LogP contribution in [0, 0.1) is 0 Å². The van der Waals surface area contributed by atoms with E-state index in [1.807, 2.05) is 0 Å². The van der Waals surface area contributed by atoms with Crippen LogP contribution in [-0.2, 0) is 0 Å². The minimum absolute atomic E-state index is 0.341. The van der Waals surface area contributed by atoms with Crippen LogP contribution in [-0.4, -0.2) is 42.0 Å². The first-order chi connectivity index (χ1) is 9.58. The SMILES string of the molecule is CN(CCNc1ncc(N)cc1C(N)=O)C1CCCC1. The number of amides is 1. The summed E-state index contributed by atoms with van der Waals surface area (Å²) in [7, 11) is 2.14. The fraction of sp³-hybridized carbons (Fsp3) is 0.571. The molecule has 0 bridgehead atoms. The van der Waals surface area contributed by atoms with Gasteiger partial charge in [-0.1, -0.05) is 12.8 Å². The zero-order chi connectivity index (χ0) is 14.5. The van der Waals surface area contributed by atoms with Gasteiger partial charge in [-0.3, -0.25) is 4.79 Å². The van der Waals surface area contributed by atoms with Gasteiger partial charge in [-0.05, 0) is 26.0 Å². The lowest BCUT2D eigenvalue weighted by molar-refractivity contribution is 0.100. The molecule has 5 N–H and O–H groups in total. The average molecular weight is 277 g/mol. The van der Waals surface area contributed by atoms with Crippen molar-refractivity contribution >= 4 is 17.4 Å². The molecule has 1 aromatic rings. The Morgan fingerprint density at radius 2 is 2.20 bits per heavy atom. The van der Waals surface area contributed by atoms with Gasteiger partial charge in [0.05, 0.1) is 17.4 Å². The van der Waals surface area contributed by atoms with Crippen molar-refractivity contribution in [3.63, 3.8) is 0 Å². The van der Waals surface area contributed by atoms with Crippen LogP contribution in [0.15, 0.2) is 12.3 Å². The van der Waals surface area contributed by atoms with Crippen LogP contribution in [0.2, 0.25) is 0 Å². The zero-order valence-electron chi connectivity index (χ0n) is 11.9. The summed E-state index contributed by atoms with van der Waals surface area (Å²) in [5, 5.41) is 3.17. The second-order valence-corrected chi connectivity index (χ2v) is 5.37. The highest BCUT2D eigenvalue weighted by atomic mass is 16.1. The maximum atomic E-state index is 11.4. The van der Waals surface area contributed by atoms with Crippen molar-refractivity contribution in [2.75, 3.05) is 31.2 Å². The van der Waals surface area contributed by atoms with Crippen molar-refractivity contribution in [2.45, 2.75) is 31.7 Å². The topological polar surface area (TPSA) is 97.3 Å². The van der Waals surface area contributed by atoms with Crippen LogP contribution < -0.4 is 16.8 Å². The lowest BCUT2D eigenvalue weighted by atomic mass is 10.2. The largest absolute Gasteiger partial charge is 0.397 e. The van der Waals surface area contributed by atoms with Gasteiger partial charge in [0.2, 0.25) is 0 Å². The molecule has 1 amide bonds. The summed E-state index contributed by atoms with van der Waals surface area (Å²) in [6.45, 7) is 1.64. The number of nitrogens with one attached hydrogen (secondary N) is 1. The number of carbonyl (C=O) groups is 1. The number of hydrogen-bond donors (Lipinski definition) is 3. The molecule has 1 aliphatic rings. The molecule has 6 heteroatoms. The third kappa shape index (κ3) is 3.60. The molecule has 110 valence electrons. The van der Waals surface area contributed by atoms with Crippen molar-refractivity contribution in [1.82, 2.24) is 9.88 Å². The zero-order valence-corrected chi connectivity index (χ0v) is 11.9. The second-order valence-electron chi connectivity index (χ2n) is 5.37. The van der Waals surface area contributed by atoms with Crippen LogP contribution in [0.3, 0.4) is 0 Å². The van der Waals surface area contributed by atoms with Gasteiger partial charge in [0.15, 0.2) is 0 Å². The normalized spacial score (nSPS) is 15.7. The molecule has 0 spiro atoms. The molecule has 1 aliphatic carbocycles. The number of aromatic nitrogens is 1. The lowest BCUT2D eigenvalue weighted by Gasteiger charge is -2.24. The van der Waals surface area contributed by atoms with Crippen molar-refractivity contribution in [1.29, 1.82) is 0 Å². The third-order valence-corrected chi connectivity index (χ3v) is 3.88. The molecule has 1 saturated carbocycles. The molecule has 6 nitrogen and oxygen atoms in total. The number of nitrogens with zero attached hydrogens (tertiary/aromatic N) is 2. The fourth-order valence-corrected chi connectivity index (χ4v) is 2.69. The fourth-order valence-electron chi connectivity index (χ4n) is 2.69.